The molecule has 11 aromatic carbocycles. The van der Waals surface area contributed by atoms with Crippen LogP contribution in [0.3, 0.4) is 0 Å². The van der Waals surface area contributed by atoms with Crippen LogP contribution in [-0.2, 0) is 0 Å². The Bertz CT molecular complexity index is 4860. The number of nitrogens with zero attached hydrogens (tertiary/aromatic N) is 8. The second-order valence-electron chi connectivity index (χ2n) is 20.0. The van der Waals surface area contributed by atoms with Crippen molar-refractivity contribution >= 4 is 87.2 Å². The van der Waals surface area contributed by atoms with E-state index in [2.05, 4.69) is 255 Å². The summed E-state index contributed by atoms with van der Waals surface area (Å²) in [5.74, 6) is 1.47. The number of benzene rings is 11. The third-order valence-electron chi connectivity index (χ3n) is 15.7. The van der Waals surface area contributed by atoms with Crippen molar-refractivity contribution in [3.05, 3.63) is 260 Å². The smallest absolute Gasteiger partial charge is 0.240 e. The van der Waals surface area contributed by atoms with Crippen LogP contribution in [0.2, 0.25) is 0 Å². The van der Waals surface area contributed by atoms with E-state index >= 15 is 0 Å². The molecule has 5 aromatic heterocycles. The van der Waals surface area contributed by atoms with Gasteiger partial charge in [0, 0.05) is 60.0 Å². The van der Waals surface area contributed by atoms with Gasteiger partial charge in [-0.3, -0.25) is 9.13 Å². The summed E-state index contributed by atoms with van der Waals surface area (Å²) in [6.07, 6.45) is 0. The van der Waals surface area contributed by atoms with Gasteiger partial charge in [-0.05, 0) is 144 Å². The van der Waals surface area contributed by atoms with Crippen LogP contribution in [0.4, 0.5) is 0 Å². The van der Waals surface area contributed by atoms with Crippen LogP contribution in [0.25, 0.3) is 144 Å². The van der Waals surface area contributed by atoms with Crippen LogP contribution < -0.4 is 0 Å². The summed E-state index contributed by atoms with van der Waals surface area (Å²) in [7, 11) is 0. The number of hydrogen-bond acceptors (Lipinski definition) is 4. The van der Waals surface area contributed by atoms with E-state index < -0.39 is 0 Å². The van der Waals surface area contributed by atoms with E-state index in [1.165, 1.54) is 32.6 Å². The first-order valence-electron chi connectivity index (χ1n) is 26.2. The Kier molecular flexibility index (Phi) is 9.53. The molecule has 0 aliphatic rings. The Hall–Kier alpha value is -10.9. The molecule has 16 rings (SSSR count). The van der Waals surface area contributed by atoms with Crippen LogP contribution in [0.15, 0.2) is 255 Å². The maximum Gasteiger partial charge on any atom is 0.240 e. The third-order valence-corrected chi connectivity index (χ3v) is 15.7. The van der Waals surface area contributed by atoms with Gasteiger partial charge in [-0.25, -0.2) is 0 Å². The van der Waals surface area contributed by atoms with Gasteiger partial charge in [0.05, 0.1) is 55.8 Å². The molecular weight excluding hydrogens is 953 g/mol. The van der Waals surface area contributed by atoms with Gasteiger partial charge in [-0.15, -0.1) is 0 Å². The molecule has 0 amide bonds. The Labute approximate surface area is 446 Å². The lowest BCUT2D eigenvalue weighted by atomic mass is 10.0. The highest BCUT2D eigenvalue weighted by Crippen LogP contribution is 2.41. The topological polar surface area (TPSA) is 82.2 Å². The van der Waals surface area contributed by atoms with Crippen LogP contribution >= 0.6 is 0 Å². The Morgan fingerprint density at radius 2 is 0.551 bits per heavy atom. The quantitative estimate of drug-likeness (QED) is 0.159. The van der Waals surface area contributed by atoms with E-state index in [-0.39, 0.29) is 0 Å². The minimum atomic E-state index is 0.485. The number of aromatic nitrogens is 7. The van der Waals surface area contributed by atoms with Crippen LogP contribution in [-0.4, -0.2) is 33.2 Å². The highest BCUT2D eigenvalue weighted by Gasteiger charge is 2.23. The van der Waals surface area contributed by atoms with Gasteiger partial charge in [0.2, 0.25) is 11.9 Å². The maximum atomic E-state index is 9.79. The van der Waals surface area contributed by atoms with E-state index in [9.17, 15) is 5.26 Å². The minimum absolute atomic E-state index is 0.485. The van der Waals surface area contributed by atoms with Gasteiger partial charge in [-0.1, -0.05) is 133 Å². The largest absolute Gasteiger partial charge is 0.309 e. The zero-order valence-electron chi connectivity index (χ0n) is 41.8. The average Bonchev–Trinajstić information content (AvgIpc) is 4.29. The molecule has 362 valence electrons. The second-order valence-corrected chi connectivity index (χ2v) is 20.0. The van der Waals surface area contributed by atoms with Gasteiger partial charge in [0.15, 0.2) is 5.82 Å². The highest BCUT2D eigenvalue weighted by molar-refractivity contribution is 6.14. The molecule has 78 heavy (non-hydrogen) atoms. The number of rotatable bonds is 7. The maximum absolute atomic E-state index is 9.79. The van der Waals surface area contributed by atoms with Gasteiger partial charge in [0.1, 0.15) is 0 Å². The molecule has 16 aromatic rings. The van der Waals surface area contributed by atoms with Crippen molar-refractivity contribution in [1.29, 1.82) is 5.26 Å². The lowest BCUT2D eigenvalue weighted by molar-refractivity contribution is 0.893. The van der Waals surface area contributed by atoms with Crippen molar-refractivity contribution < 1.29 is 0 Å². The lowest BCUT2D eigenvalue weighted by Crippen LogP contribution is -2.10. The first kappa shape index (κ1) is 43.5. The highest BCUT2D eigenvalue weighted by atomic mass is 15.3. The van der Waals surface area contributed by atoms with E-state index in [1.807, 2.05) is 24.3 Å². The molecule has 0 unspecified atom stereocenters. The predicted molar refractivity (Wildman–Crippen MR) is 318 cm³/mol. The summed E-state index contributed by atoms with van der Waals surface area (Å²) >= 11 is 0. The molecule has 0 atom stereocenters. The second kappa shape index (κ2) is 17.1. The monoisotopic (exact) mass is 994 g/mol. The zero-order chi connectivity index (χ0) is 51.4. The normalized spacial score (nSPS) is 11.8. The van der Waals surface area contributed by atoms with E-state index in [0.717, 1.165) is 93.8 Å². The number of para-hydroxylation sites is 6. The number of fused-ring (bicyclic) bond motifs is 12. The summed E-state index contributed by atoms with van der Waals surface area (Å²) < 4.78 is 9.04. The zero-order valence-corrected chi connectivity index (χ0v) is 41.8. The first-order chi connectivity index (χ1) is 38.6. The van der Waals surface area contributed by atoms with Crippen LogP contribution in [0.1, 0.15) is 5.56 Å². The lowest BCUT2D eigenvalue weighted by Gasteiger charge is -2.13. The summed E-state index contributed by atoms with van der Waals surface area (Å²) in [6.45, 7) is 0. The molecule has 5 heterocycles. The number of hydrogen-bond donors (Lipinski definition) is 0. The SMILES string of the molecule is N#Cc1ccc(-c2nc(-n3c4ccccc4c4cc(-c5ccc6c(c5)c5ccccc5n6-c5ccccc5)ccc43)nc(-n3c4ccccc4c4cc(-c5ccc6c(c5)c5ccccc5n6-c5ccccc5)ccc43)n2)cc1. The average molecular weight is 995 g/mol. The summed E-state index contributed by atoms with van der Waals surface area (Å²) in [5.41, 5.74) is 16.7. The molecule has 0 aliphatic heterocycles. The summed E-state index contributed by atoms with van der Waals surface area (Å²) in [4.78, 5) is 16.1. The minimum Gasteiger partial charge on any atom is -0.309 e. The standard InChI is InChI=1S/C70H42N8/c71-43-44-27-29-45(30-28-44)68-72-69(77-62-25-13-9-21-54(62)58-41-48(33-37-66(58)77)46-31-35-64-56(39-46)52-19-7-11-23-60(52)75(64)50-15-3-1-4-16-50)74-70(73-68)78-63-26-14-10-22-55(63)59-42-49(34-38-67(59)78)47-32-36-65-57(40-47)53-20-8-12-24-61(53)76(65)51-17-5-2-6-18-51/h1-42H. The molecule has 0 fully saturated rings. The van der Waals surface area contributed by atoms with Crippen molar-refractivity contribution in [2.24, 2.45) is 0 Å². The molecule has 8 nitrogen and oxygen atoms in total. The number of nitriles is 1. The van der Waals surface area contributed by atoms with E-state index in [4.69, 9.17) is 15.0 Å². The Morgan fingerprint density at radius 1 is 0.256 bits per heavy atom. The van der Waals surface area contributed by atoms with Crippen LogP contribution in [0.5, 0.6) is 0 Å². The molecular formula is C70H42N8. The summed E-state index contributed by atoms with van der Waals surface area (Å²) in [6, 6.07) is 92.3. The molecule has 8 heteroatoms. The Morgan fingerprint density at radius 3 is 0.910 bits per heavy atom. The van der Waals surface area contributed by atoms with Gasteiger partial charge < -0.3 is 9.13 Å². The molecule has 0 spiro atoms. The first-order valence-corrected chi connectivity index (χ1v) is 26.2. The van der Waals surface area contributed by atoms with Crippen molar-refractivity contribution in [2.75, 3.05) is 0 Å². The Balaban J connectivity index is 0.866. The van der Waals surface area contributed by atoms with Gasteiger partial charge in [-0.2, -0.15) is 20.2 Å². The summed E-state index contributed by atoms with van der Waals surface area (Å²) in [5, 5.41) is 19.0. The van der Waals surface area contributed by atoms with Crippen molar-refractivity contribution in [2.45, 2.75) is 0 Å². The molecule has 0 radical (unpaired) electrons. The molecule has 0 saturated heterocycles. The fourth-order valence-electron chi connectivity index (χ4n) is 12.1. The third kappa shape index (κ3) is 6.62. The molecule has 0 saturated carbocycles. The molecule has 0 bridgehead atoms. The van der Waals surface area contributed by atoms with Crippen molar-refractivity contribution in [3.8, 4) is 63.0 Å². The molecule has 0 N–H and O–H groups in total. The fraction of sp³-hybridized carbons (Fsp3) is 0. The van der Waals surface area contributed by atoms with E-state index in [0.29, 0.717) is 23.3 Å². The fourth-order valence-corrected chi connectivity index (χ4v) is 12.1. The van der Waals surface area contributed by atoms with E-state index in [1.54, 1.807) is 0 Å². The van der Waals surface area contributed by atoms with Gasteiger partial charge in [0.25, 0.3) is 0 Å². The van der Waals surface area contributed by atoms with Gasteiger partial charge >= 0.3 is 0 Å². The predicted octanol–water partition coefficient (Wildman–Crippen LogP) is 17.1. The van der Waals surface area contributed by atoms with Crippen molar-refractivity contribution in [1.82, 2.24) is 33.2 Å². The van der Waals surface area contributed by atoms with Crippen LogP contribution in [0, 0.1) is 11.3 Å². The van der Waals surface area contributed by atoms with Crippen molar-refractivity contribution in [3.63, 3.8) is 0 Å². The molecule has 0 aliphatic carbocycles.